The van der Waals surface area contributed by atoms with Gasteiger partial charge in [-0.1, -0.05) is 60.7 Å². The first-order valence-corrected chi connectivity index (χ1v) is 7.89. The van der Waals surface area contributed by atoms with Crippen molar-refractivity contribution in [1.29, 1.82) is 0 Å². The lowest BCUT2D eigenvalue weighted by Crippen LogP contribution is -1.98. The highest BCUT2D eigenvalue weighted by molar-refractivity contribution is 5.80. The van der Waals surface area contributed by atoms with Gasteiger partial charge in [-0.3, -0.25) is 0 Å². The number of aromatic nitrogens is 3. The van der Waals surface area contributed by atoms with Crippen LogP contribution in [0.2, 0.25) is 0 Å². The van der Waals surface area contributed by atoms with Crippen LogP contribution in [0.1, 0.15) is 16.8 Å². The SMILES string of the molecule is Cc1nn2c(O)c(Cc3ccccc3)cnc2c1-c1ccccc1. The van der Waals surface area contributed by atoms with E-state index in [4.69, 9.17) is 0 Å². The topological polar surface area (TPSA) is 50.4 Å². The molecule has 4 aromatic rings. The van der Waals surface area contributed by atoms with Crippen LogP contribution in [-0.2, 0) is 6.42 Å². The van der Waals surface area contributed by atoms with Gasteiger partial charge in [-0.25, -0.2) is 4.98 Å². The Morgan fingerprint density at radius 3 is 2.33 bits per heavy atom. The summed E-state index contributed by atoms with van der Waals surface area (Å²) in [6, 6.07) is 20.0. The highest BCUT2D eigenvalue weighted by Crippen LogP contribution is 2.30. The highest BCUT2D eigenvalue weighted by atomic mass is 16.3. The van der Waals surface area contributed by atoms with Crippen LogP contribution in [0.25, 0.3) is 16.8 Å². The normalized spacial score (nSPS) is 11.0. The van der Waals surface area contributed by atoms with E-state index in [1.54, 1.807) is 6.20 Å². The Morgan fingerprint density at radius 2 is 1.62 bits per heavy atom. The van der Waals surface area contributed by atoms with Crippen molar-refractivity contribution in [3.8, 4) is 17.0 Å². The lowest BCUT2D eigenvalue weighted by atomic mass is 10.1. The molecule has 118 valence electrons. The molecule has 2 heterocycles. The fraction of sp³-hybridized carbons (Fsp3) is 0.100. The molecule has 2 aromatic carbocycles. The number of rotatable bonds is 3. The number of nitrogens with zero attached hydrogens (tertiary/aromatic N) is 3. The van der Waals surface area contributed by atoms with Gasteiger partial charge in [-0.2, -0.15) is 9.61 Å². The van der Waals surface area contributed by atoms with Gasteiger partial charge in [0.2, 0.25) is 5.88 Å². The summed E-state index contributed by atoms with van der Waals surface area (Å²) < 4.78 is 1.54. The largest absolute Gasteiger partial charge is 0.493 e. The zero-order valence-electron chi connectivity index (χ0n) is 13.3. The Morgan fingerprint density at radius 1 is 0.958 bits per heavy atom. The molecular formula is C20H17N3O. The molecule has 1 N–H and O–H groups in total. The van der Waals surface area contributed by atoms with E-state index in [9.17, 15) is 5.11 Å². The minimum Gasteiger partial charge on any atom is -0.493 e. The van der Waals surface area contributed by atoms with Crippen molar-refractivity contribution in [3.05, 3.63) is 83.7 Å². The number of hydrogen-bond donors (Lipinski definition) is 1. The van der Waals surface area contributed by atoms with Crippen molar-refractivity contribution in [2.45, 2.75) is 13.3 Å². The molecule has 4 heteroatoms. The minimum atomic E-state index is 0.147. The Labute approximate surface area is 140 Å². The summed E-state index contributed by atoms with van der Waals surface area (Å²) in [5.41, 5.74) is 5.41. The zero-order valence-corrected chi connectivity index (χ0v) is 13.3. The van der Waals surface area contributed by atoms with E-state index in [0.717, 1.165) is 27.9 Å². The minimum absolute atomic E-state index is 0.147. The van der Waals surface area contributed by atoms with Gasteiger partial charge in [0.05, 0.1) is 5.69 Å². The summed E-state index contributed by atoms with van der Waals surface area (Å²) >= 11 is 0. The van der Waals surface area contributed by atoms with Crippen LogP contribution in [0.5, 0.6) is 5.88 Å². The Balaban J connectivity index is 1.83. The predicted molar refractivity (Wildman–Crippen MR) is 94.1 cm³/mol. The van der Waals surface area contributed by atoms with Crippen molar-refractivity contribution in [1.82, 2.24) is 14.6 Å². The summed E-state index contributed by atoms with van der Waals surface area (Å²) in [6.45, 7) is 1.94. The van der Waals surface area contributed by atoms with Gasteiger partial charge in [0.15, 0.2) is 5.65 Å². The molecule has 0 atom stereocenters. The molecule has 0 fully saturated rings. The van der Waals surface area contributed by atoms with E-state index in [2.05, 4.69) is 10.1 Å². The van der Waals surface area contributed by atoms with E-state index in [1.807, 2.05) is 67.6 Å². The molecule has 0 saturated heterocycles. The zero-order chi connectivity index (χ0) is 16.5. The first-order valence-electron chi connectivity index (χ1n) is 7.89. The molecule has 0 aliphatic rings. The van der Waals surface area contributed by atoms with Crippen LogP contribution >= 0.6 is 0 Å². The van der Waals surface area contributed by atoms with Gasteiger partial charge < -0.3 is 5.11 Å². The van der Waals surface area contributed by atoms with E-state index < -0.39 is 0 Å². The van der Waals surface area contributed by atoms with Gasteiger partial charge >= 0.3 is 0 Å². The molecule has 0 aliphatic carbocycles. The van der Waals surface area contributed by atoms with Crippen LogP contribution in [0.15, 0.2) is 66.9 Å². The van der Waals surface area contributed by atoms with Crippen LogP contribution in [-0.4, -0.2) is 19.7 Å². The molecule has 0 bridgehead atoms. The maximum Gasteiger partial charge on any atom is 0.219 e. The van der Waals surface area contributed by atoms with Crippen molar-refractivity contribution in [2.75, 3.05) is 0 Å². The monoisotopic (exact) mass is 315 g/mol. The maximum atomic E-state index is 10.7. The molecule has 0 amide bonds. The number of hydrogen-bond acceptors (Lipinski definition) is 3. The second kappa shape index (κ2) is 5.81. The number of fused-ring (bicyclic) bond motifs is 1. The predicted octanol–water partition coefficient (Wildman–Crippen LogP) is 4.00. The second-order valence-electron chi connectivity index (χ2n) is 5.83. The average molecular weight is 315 g/mol. The van der Waals surface area contributed by atoms with Crippen LogP contribution < -0.4 is 0 Å². The van der Waals surface area contributed by atoms with E-state index in [1.165, 1.54) is 4.52 Å². The molecule has 2 aromatic heterocycles. The Bertz CT molecular complexity index is 992. The molecule has 4 rings (SSSR count). The van der Waals surface area contributed by atoms with Crippen LogP contribution in [0.3, 0.4) is 0 Å². The average Bonchev–Trinajstić information content (AvgIpc) is 2.96. The molecular weight excluding hydrogens is 298 g/mol. The maximum absolute atomic E-state index is 10.7. The lowest BCUT2D eigenvalue weighted by molar-refractivity contribution is 0.428. The van der Waals surface area contributed by atoms with Crippen molar-refractivity contribution in [3.63, 3.8) is 0 Å². The third-order valence-electron chi connectivity index (χ3n) is 4.17. The van der Waals surface area contributed by atoms with Crippen molar-refractivity contribution in [2.24, 2.45) is 0 Å². The van der Waals surface area contributed by atoms with Gasteiger partial charge in [0.1, 0.15) is 0 Å². The number of benzene rings is 2. The van der Waals surface area contributed by atoms with Crippen LogP contribution in [0, 0.1) is 6.92 Å². The molecule has 0 radical (unpaired) electrons. The number of aryl methyl sites for hydroxylation is 1. The van der Waals surface area contributed by atoms with Gasteiger partial charge in [0.25, 0.3) is 0 Å². The third-order valence-corrected chi connectivity index (χ3v) is 4.17. The molecule has 4 nitrogen and oxygen atoms in total. The van der Waals surface area contributed by atoms with E-state index in [0.29, 0.717) is 12.1 Å². The second-order valence-corrected chi connectivity index (χ2v) is 5.83. The standard InChI is InChI=1S/C20H17N3O/c1-14-18(16-10-6-3-7-11-16)19-21-13-17(20(24)23(19)22-14)12-15-8-4-2-5-9-15/h2-11,13,24H,12H2,1H3. The van der Waals surface area contributed by atoms with Gasteiger partial charge in [-0.15, -0.1) is 0 Å². The van der Waals surface area contributed by atoms with E-state index in [-0.39, 0.29) is 5.88 Å². The Hall–Kier alpha value is -3.14. The summed E-state index contributed by atoms with van der Waals surface area (Å²) in [5.74, 6) is 0.147. The van der Waals surface area contributed by atoms with E-state index >= 15 is 0 Å². The van der Waals surface area contributed by atoms with Crippen molar-refractivity contribution >= 4 is 5.65 Å². The molecule has 0 aliphatic heterocycles. The highest BCUT2D eigenvalue weighted by Gasteiger charge is 2.17. The first kappa shape index (κ1) is 14.5. The number of aromatic hydroxyl groups is 1. The molecule has 0 unspecified atom stereocenters. The quantitative estimate of drug-likeness (QED) is 0.621. The molecule has 24 heavy (non-hydrogen) atoms. The lowest BCUT2D eigenvalue weighted by Gasteiger charge is -2.06. The third kappa shape index (κ3) is 2.42. The molecule has 0 saturated carbocycles. The summed E-state index contributed by atoms with van der Waals surface area (Å²) in [7, 11) is 0. The van der Waals surface area contributed by atoms with Gasteiger partial charge in [0, 0.05) is 23.7 Å². The fourth-order valence-electron chi connectivity index (χ4n) is 3.00. The fourth-order valence-corrected chi connectivity index (χ4v) is 3.00. The van der Waals surface area contributed by atoms with Gasteiger partial charge in [-0.05, 0) is 18.1 Å². The first-order chi connectivity index (χ1) is 11.7. The summed E-state index contributed by atoms with van der Waals surface area (Å²) in [4.78, 5) is 4.58. The summed E-state index contributed by atoms with van der Waals surface area (Å²) in [6.07, 6.45) is 2.36. The Kier molecular flexibility index (Phi) is 3.50. The summed E-state index contributed by atoms with van der Waals surface area (Å²) in [5, 5.41) is 15.2. The molecule has 0 spiro atoms. The van der Waals surface area contributed by atoms with Crippen molar-refractivity contribution < 1.29 is 5.11 Å². The smallest absolute Gasteiger partial charge is 0.219 e. The van der Waals surface area contributed by atoms with Crippen LogP contribution in [0.4, 0.5) is 0 Å².